The fraction of sp³-hybridized carbons (Fsp3) is 0.533. The van der Waals surface area contributed by atoms with Crippen LogP contribution in [0.25, 0.3) is 0 Å². The molecule has 2 N–H and O–H groups in total. The lowest BCUT2D eigenvalue weighted by Crippen LogP contribution is -2.56. The molecule has 1 aliphatic rings. The molecule has 1 heterocycles. The summed E-state index contributed by atoms with van der Waals surface area (Å²) in [7, 11) is 0. The van der Waals surface area contributed by atoms with Gasteiger partial charge in [0, 0.05) is 12.4 Å². The highest BCUT2D eigenvalue weighted by Gasteiger charge is 2.43. The molecule has 114 valence electrons. The first-order chi connectivity index (χ1) is 9.98. The molecule has 0 unspecified atom stereocenters. The van der Waals surface area contributed by atoms with Crippen LogP contribution in [0.2, 0.25) is 5.02 Å². The van der Waals surface area contributed by atoms with Crippen LogP contribution in [0.5, 0.6) is 0 Å². The highest BCUT2D eigenvalue weighted by Crippen LogP contribution is 2.34. The molecule has 21 heavy (non-hydrogen) atoms. The van der Waals surface area contributed by atoms with Crippen molar-refractivity contribution < 1.29 is 14.7 Å². The Hall–Kier alpha value is -1.62. The van der Waals surface area contributed by atoms with Crippen LogP contribution in [0.15, 0.2) is 18.5 Å². The van der Waals surface area contributed by atoms with Gasteiger partial charge in [0.1, 0.15) is 5.54 Å². The molecular formula is C15H19ClN2O3. The Morgan fingerprint density at radius 2 is 2.14 bits per heavy atom. The van der Waals surface area contributed by atoms with Crippen LogP contribution in [0.3, 0.4) is 0 Å². The van der Waals surface area contributed by atoms with Crippen molar-refractivity contribution in [2.24, 2.45) is 5.92 Å². The number of carboxylic acid groups (broad SMARTS) is 1. The number of rotatable bonds is 4. The SMILES string of the molecule is CCC1CCC(NC(=O)c2ccncc2Cl)(C(=O)O)CC1. The number of carboxylic acids is 1. The molecule has 1 saturated carbocycles. The highest BCUT2D eigenvalue weighted by molar-refractivity contribution is 6.33. The summed E-state index contributed by atoms with van der Waals surface area (Å²) in [4.78, 5) is 27.8. The van der Waals surface area contributed by atoms with E-state index in [2.05, 4.69) is 17.2 Å². The Bertz CT molecular complexity index is 539. The fourth-order valence-electron chi connectivity index (χ4n) is 2.81. The van der Waals surface area contributed by atoms with Gasteiger partial charge >= 0.3 is 5.97 Å². The van der Waals surface area contributed by atoms with E-state index in [1.807, 2.05) is 0 Å². The van der Waals surface area contributed by atoms with Gasteiger partial charge in [-0.2, -0.15) is 0 Å². The molecule has 1 aromatic rings. The molecule has 0 bridgehead atoms. The molecule has 0 aromatic carbocycles. The van der Waals surface area contributed by atoms with E-state index >= 15 is 0 Å². The van der Waals surface area contributed by atoms with Gasteiger partial charge in [0.05, 0.1) is 10.6 Å². The number of halogens is 1. The maximum absolute atomic E-state index is 12.3. The zero-order valence-corrected chi connectivity index (χ0v) is 12.7. The van der Waals surface area contributed by atoms with E-state index in [1.54, 1.807) is 0 Å². The van der Waals surface area contributed by atoms with E-state index in [1.165, 1.54) is 18.5 Å². The van der Waals surface area contributed by atoms with Crippen LogP contribution in [-0.2, 0) is 4.79 Å². The van der Waals surface area contributed by atoms with Gasteiger partial charge in [-0.05, 0) is 37.7 Å². The third-order valence-electron chi connectivity index (χ3n) is 4.32. The third-order valence-corrected chi connectivity index (χ3v) is 4.62. The molecule has 0 saturated heterocycles. The number of carbonyl (C=O) groups is 2. The van der Waals surface area contributed by atoms with Gasteiger partial charge in [-0.15, -0.1) is 0 Å². The van der Waals surface area contributed by atoms with Crippen molar-refractivity contribution in [2.45, 2.75) is 44.6 Å². The summed E-state index contributed by atoms with van der Waals surface area (Å²) in [5.74, 6) is -0.894. The molecule has 1 fully saturated rings. The topological polar surface area (TPSA) is 79.3 Å². The minimum absolute atomic E-state index is 0.220. The lowest BCUT2D eigenvalue weighted by molar-refractivity contribution is -0.146. The predicted octanol–water partition coefficient (Wildman–Crippen LogP) is 2.89. The Balaban J connectivity index is 2.16. The summed E-state index contributed by atoms with van der Waals surface area (Å²) < 4.78 is 0. The van der Waals surface area contributed by atoms with E-state index in [9.17, 15) is 14.7 Å². The minimum atomic E-state index is -1.19. The van der Waals surface area contributed by atoms with Gasteiger partial charge in [-0.25, -0.2) is 4.79 Å². The van der Waals surface area contributed by atoms with Crippen molar-refractivity contribution in [3.63, 3.8) is 0 Å². The second kappa shape index (κ2) is 6.43. The lowest BCUT2D eigenvalue weighted by atomic mass is 9.75. The molecular weight excluding hydrogens is 292 g/mol. The Morgan fingerprint density at radius 1 is 1.48 bits per heavy atom. The number of hydrogen-bond donors (Lipinski definition) is 2. The van der Waals surface area contributed by atoms with E-state index in [0.29, 0.717) is 18.8 Å². The monoisotopic (exact) mass is 310 g/mol. The molecule has 1 amide bonds. The number of nitrogens with zero attached hydrogens (tertiary/aromatic N) is 1. The van der Waals surface area contributed by atoms with Crippen LogP contribution in [-0.4, -0.2) is 27.5 Å². The standard InChI is InChI=1S/C15H19ClN2O3/c1-2-10-3-6-15(7-4-10,14(20)21)18-13(19)11-5-8-17-9-12(11)16/h5,8-10H,2-4,6-7H2,1H3,(H,18,19)(H,20,21). The van der Waals surface area contributed by atoms with E-state index in [-0.39, 0.29) is 10.6 Å². The molecule has 1 aromatic heterocycles. The number of aliphatic carboxylic acids is 1. The van der Waals surface area contributed by atoms with Crippen molar-refractivity contribution in [3.8, 4) is 0 Å². The van der Waals surface area contributed by atoms with Gasteiger partial charge in [0.2, 0.25) is 0 Å². The van der Waals surface area contributed by atoms with Crippen LogP contribution in [0.1, 0.15) is 49.4 Å². The maximum atomic E-state index is 12.3. The Morgan fingerprint density at radius 3 is 2.67 bits per heavy atom. The van der Waals surface area contributed by atoms with Crippen molar-refractivity contribution in [1.82, 2.24) is 10.3 Å². The maximum Gasteiger partial charge on any atom is 0.329 e. The van der Waals surface area contributed by atoms with Crippen molar-refractivity contribution in [2.75, 3.05) is 0 Å². The largest absolute Gasteiger partial charge is 0.480 e. The van der Waals surface area contributed by atoms with Gasteiger partial charge in [0.25, 0.3) is 5.91 Å². The predicted molar refractivity (Wildman–Crippen MR) is 79.3 cm³/mol. The first-order valence-electron chi connectivity index (χ1n) is 7.14. The number of aromatic nitrogens is 1. The second-order valence-corrected chi connectivity index (χ2v) is 5.96. The van der Waals surface area contributed by atoms with Gasteiger partial charge in [-0.3, -0.25) is 9.78 Å². The zero-order chi connectivity index (χ0) is 15.5. The van der Waals surface area contributed by atoms with Crippen LogP contribution >= 0.6 is 11.6 Å². The Labute approximate surface area is 128 Å². The average molecular weight is 311 g/mol. The summed E-state index contributed by atoms with van der Waals surface area (Å²) in [6.45, 7) is 2.10. The van der Waals surface area contributed by atoms with Gasteiger partial charge in [-0.1, -0.05) is 24.9 Å². The molecule has 5 nitrogen and oxygen atoms in total. The van der Waals surface area contributed by atoms with Crippen LogP contribution < -0.4 is 5.32 Å². The van der Waals surface area contributed by atoms with Crippen LogP contribution in [0.4, 0.5) is 0 Å². The van der Waals surface area contributed by atoms with Crippen LogP contribution in [0, 0.1) is 5.92 Å². The molecule has 1 aliphatic carbocycles. The quantitative estimate of drug-likeness (QED) is 0.896. The average Bonchev–Trinajstić information content (AvgIpc) is 2.48. The second-order valence-electron chi connectivity index (χ2n) is 5.55. The summed E-state index contributed by atoms with van der Waals surface area (Å²) in [5, 5.41) is 12.5. The molecule has 0 spiro atoms. The summed E-state index contributed by atoms with van der Waals surface area (Å²) in [5.41, 5.74) is -0.931. The smallest absolute Gasteiger partial charge is 0.329 e. The van der Waals surface area contributed by atoms with Crippen molar-refractivity contribution in [3.05, 3.63) is 29.0 Å². The van der Waals surface area contributed by atoms with E-state index in [0.717, 1.165) is 19.3 Å². The molecule has 0 atom stereocenters. The molecule has 6 heteroatoms. The van der Waals surface area contributed by atoms with Crippen molar-refractivity contribution >= 4 is 23.5 Å². The normalized spacial score (nSPS) is 25.3. The molecule has 2 rings (SSSR count). The number of hydrogen-bond acceptors (Lipinski definition) is 3. The fourth-order valence-corrected chi connectivity index (χ4v) is 3.02. The van der Waals surface area contributed by atoms with E-state index < -0.39 is 17.4 Å². The third kappa shape index (κ3) is 3.35. The zero-order valence-electron chi connectivity index (χ0n) is 11.9. The first-order valence-corrected chi connectivity index (χ1v) is 7.51. The molecule has 0 aliphatic heterocycles. The summed E-state index contributed by atoms with van der Waals surface area (Å²) in [6.07, 6.45) is 6.41. The summed E-state index contributed by atoms with van der Waals surface area (Å²) in [6, 6.07) is 1.49. The minimum Gasteiger partial charge on any atom is -0.480 e. The molecule has 0 radical (unpaired) electrons. The number of amides is 1. The summed E-state index contributed by atoms with van der Waals surface area (Å²) >= 11 is 5.94. The first kappa shape index (κ1) is 15.8. The van der Waals surface area contributed by atoms with E-state index in [4.69, 9.17) is 11.6 Å². The number of pyridine rings is 1. The van der Waals surface area contributed by atoms with Gasteiger partial charge in [0.15, 0.2) is 0 Å². The Kier molecular flexibility index (Phi) is 4.83. The lowest BCUT2D eigenvalue weighted by Gasteiger charge is -2.37. The number of nitrogens with one attached hydrogen (secondary N) is 1. The van der Waals surface area contributed by atoms with Gasteiger partial charge < -0.3 is 10.4 Å². The highest BCUT2D eigenvalue weighted by atomic mass is 35.5. The van der Waals surface area contributed by atoms with Crippen molar-refractivity contribution in [1.29, 1.82) is 0 Å². The number of carbonyl (C=O) groups excluding carboxylic acids is 1.